The number of tetrazole rings is 1. The lowest BCUT2D eigenvalue weighted by atomic mass is 10.2. The number of rotatable bonds is 10. The summed E-state index contributed by atoms with van der Waals surface area (Å²) >= 11 is 9.68. The van der Waals surface area contributed by atoms with Crippen LogP contribution in [0.25, 0.3) is 0 Å². The predicted molar refractivity (Wildman–Crippen MR) is 117 cm³/mol. The fourth-order valence-electron chi connectivity index (χ4n) is 2.75. The number of benzene rings is 2. The SMILES string of the molecule is CCCn1nnnc1NCc1cc(OCC)c(OCc2cccc(Cl)c2)cc1Br. The van der Waals surface area contributed by atoms with E-state index >= 15 is 0 Å². The summed E-state index contributed by atoms with van der Waals surface area (Å²) < 4.78 is 14.5. The van der Waals surface area contributed by atoms with Gasteiger partial charge in [0.25, 0.3) is 0 Å². The third-order valence-electron chi connectivity index (χ3n) is 4.10. The minimum absolute atomic E-state index is 0.399. The maximum atomic E-state index is 6.05. The lowest BCUT2D eigenvalue weighted by Crippen LogP contribution is -2.09. The van der Waals surface area contributed by atoms with Gasteiger partial charge in [-0.15, -0.1) is 0 Å². The van der Waals surface area contributed by atoms with E-state index in [1.165, 1.54) is 0 Å². The van der Waals surface area contributed by atoms with Gasteiger partial charge in [0, 0.05) is 22.6 Å². The Hall–Kier alpha value is -2.32. The lowest BCUT2D eigenvalue weighted by Gasteiger charge is -2.16. The van der Waals surface area contributed by atoms with Crippen LogP contribution in [0.4, 0.5) is 5.95 Å². The van der Waals surface area contributed by atoms with Crippen LogP contribution >= 0.6 is 27.5 Å². The predicted octanol–water partition coefficient (Wildman–Crippen LogP) is 5.09. The summed E-state index contributed by atoms with van der Waals surface area (Å²) in [6.45, 7) is 6.27. The number of hydrogen-bond acceptors (Lipinski definition) is 6. The van der Waals surface area contributed by atoms with Gasteiger partial charge in [-0.25, -0.2) is 4.68 Å². The Kier molecular flexibility index (Phi) is 7.71. The Morgan fingerprint density at radius 2 is 1.97 bits per heavy atom. The molecular weight excluding hydrogens is 458 g/mol. The first kappa shape index (κ1) is 21.4. The highest BCUT2D eigenvalue weighted by Gasteiger charge is 2.13. The second kappa shape index (κ2) is 10.5. The zero-order valence-corrected chi connectivity index (χ0v) is 18.7. The third kappa shape index (κ3) is 5.83. The van der Waals surface area contributed by atoms with E-state index in [0.717, 1.165) is 28.6 Å². The highest BCUT2D eigenvalue weighted by molar-refractivity contribution is 9.10. The van der Waals surface area contributed by atoms with Crippen LogP contribution < -0.4 is 14.8 Å². The van der Waals surface area contributed by atoms with Crippen LogP contribution in [0.3, 0.4) is 0 Å². The molecule has 0 aliphatic rings. The minimum Gasteiger partial charge on any atom is -0.490 e. The number of anilines is 1. The first-order chi connectivity index (χ1) is 14.1. The molecule has 1 heterocycles. The maximum Gasteiger partial charge on any atom is 0.243 e. The molecule has 3 rings (SSSR count). The number of halogens is 2. The van der Waals surface area contributed by atoms with Gasteiger partial charge in [0.1, 0.15) is 6.61 Å². The van der Waals surface area contributed by atoms with E-state index in [4.69, 9.17) is 21.1 Å². The Labute approximate surface area is 183 Å². The summed E-state index contributed by atoms with van der Waals surface area (Å²) in [7, 11) is 0. The van der Waals surface area contributed by atoms with Gasteiger partial charge < -0.3 is 14.8 Å². The van der Waals surface area contributed by atoms with Crippen molar-refractivity contribution in [1.82, 2.24) is 20.2 Å². The number of ether oxygens (including phenoxy) is 2. The molecule has 9 heteroatoms. The van der Waals surface area contributed by atoms with Gasteiger partial charge in [-0.2, -0.15) is 0 Å². The van der Waals surface area contributed by atoms with Crippen LogP contribution in [0.2, 0.25) is 5.02 Å². The van der Waals surface area contributed by atoms with Crippen molar-refractivity contribution in [2.45, 2.75) is 40.0 Å². The van der Waals surface area contributed by atoms with Crippen molar-refractivity contribution in [3.8, 4) is 11.5 Å². The molecule has 0 aliphatic carbocycles. The van der Waals surface area contributed by atoms with Gasteiger partial charge in [0.15, 0.2) is 11.5 Å². The van der Waals surface area contributed by atoms with Crippen LogP contribution in [-0.2, 0) is 19.7 Å². The molecule has 0 unspecified atom stereocenters. The summed E-state index contributed by atoms with van der Waals surface area (Å²) in [6.07, 6.45) is 0.955. The van der Waals surface area contributed by atoms with Crippen molar-refractivity contribution in [2.24, 2.45) is 0 Å². The van der Waals surface area contributed by atoms with Gasteiger partial charge >= 0.3 is 0 Å². The zero-order valence-electron chi connectivity index (χ0n) is 16.4. The molecule has 2 aromatic carbocycles. The molecule has 0 saturated carbocycles. The van der Waals surface area contributed by atoms with E-state index in [0.29, 0.717) is 42.2 Å². The number of nitrogens with one attached hydrogen (secondary N) is 1. The molecule has 0 bridgehead atoms. The topological polar surface area (TPSA) is 74.1 Å². The van der Waals surface area contributed by atoms with Crippen molar-refractivity contribution in [1.29, 1.82) is 0 Å². The number of nitrogens with zero attached hydrogens (tertiary/aromatic N) is 4. The van der Waals surface area contributed by atoms with Crippen molar-refractivity contribution >= 4 is 33.5 Å². The molecule has 1 N–H and O–H groups in total. The Morgan fingerprint density at radius 3 is 2.72 bits per heavy atom. The fraction of sp³-hybridized carbons (Fsp3) is 0.350. The largest absolute Gasteiger partial charge is 0.490 e. The standard InChI is InChI=1S/C20H23BrClN5O2/c1-3-8-27-20(24-25-26-27)23-12-15-10-18(28-4-2)19(11-17(15)21)29-13-14-6-5-7-16(22)9-14/h5-7,9-11H,3-4,8,12-13H2,1-2H3,(H,23,24,26). The van der Waals surface area contributed by atoms with E-state index in [1.54, 1.807) is 4.68 Å². The maximum absolute atomic E-state index is 6.05. The second-order valence-electron chi connectivity index (χ2n) is 6.32. The van der Waals surface area contributed by atoms with E-state index in [1.807, 2.05) is 43.3 Å². The first-order valence-electron chi connectivity index (χ1n) is 9.43. The first-order valence-corrected chi connectivity index (χ1v) is 10.6. The molecule has 0 aliphatic heterocycles. The number of aromatic nitrogens is 4. The molecule has 0 radical (unpaired) electrons. The van der Waals surface area contributed by atoms with Crippen LogP contribution in [0, 0.1) is 0 Å². The average molecular weight is 481 g/mol. The summed E-state index contributed by atoms with van der Waals surface area (Å²) in [5.74, 6) is 1.99. The normalized spacial score (nSPS) is 10.8. The van der Waals surface area contributed by atoms with Crippen molar-refractivity contribution < 1.29 is 9.47 Å². The van der Waals surface area contributed by atoms with Crippen LogP contribution in [0.15, 0.2) is 40.9 Å². The van der Waals surface area contributed by atoms with E-state index in [-0.39, 0.29) is 0 Å². The Morgan fingerprint density at radius 1 is 1.14 bits per heavy atom. The highest BCUT2D eigenvalue weighted by Crippen LogP contribution is 2.35. The molecule has 29 heavy (non-hydrogen) atoms. The lowest BCUT2D eigenvalue weighted by molar-refractivity contribution is 0.269. The van der Waals surface area contributed by atoms with Crippen LogP contribution in [0.5, 0.6) is 11.5 Å². The summed E-state index contributed by atoms with van der Waals surface area (Å²) in [5.41, 5.74) is 2.00. The van der Waals surface area contributed by atoms with Gasteiger partial charge in [-0.3, -0.25) is 0 Å². The summed E-state index contributed by atoms with van der Waals surface area (Å²) in [6, 6.07) is 11.5. The molecule has 0 saturated heterocycles. The van der Waals surface area contributed by atoms with E-state index in [9.17, 15) is 0 Å². The van der Waals surface area contributed by atoms with Gasteiger partial charge in [-0.05, 0) is 59.2 Å². The molecule has 0 amide bonds. The van der Waals surface area contributed by atoms with Gasteiger partial charge in [-0.1, -0.05) is 51.7 Å². The Balaban J connectivity index is 1.73. The van der Waals surface area contributed by atoms with Gasteiger partial charge in [0.05, 0.1) is 6.61 Å². The molecule has 0 atom stereocenters. The van der Waals surface area contributed by atoms with E-state index < -0.39 is 0 Å². The smallest absolute Gasteiger partial charge is 0.243 e. The molecule has 0 fully saturated rings. The second-order valence-corrected chi connectivity index (χ2v) is 7.61. The number of aryl methyl sites for hydroxylation is 1. The molecule has 3 aromatic rings. The van der Waals surface area contributed by atoms with Crippen molar-refractivity contribution in [3.05, 3.63) is 57.0 Å². The fourth-order valence-corrected chi connectivity index (χ4v) is 3.43. The average Bonchev–Trinajstić information content (AvgIpc) is 3.14. The summed E-state index contributed by atoms with van der Waals surface area (Å²) in [5, 5.41) is 15.7. The molecular formula is C20H23BrClN5O2. The van der Waals surface area contributed by atoms with Crippen molar-refractivity contribution in [2.75, 3.05) is 11.9 Å². The zero-order chi connectivity index (χ0) is 20.6. The minimum atomic E-state index is 0.399. The van der Waals surface area contributed by atoms with Crippen LogP contribution in [0.1, 0.15) is 31.4 Å². The Bertz CT molecular complexity index is 950. The molecule has 7 nitrogen and oxygen atoms in total. The van der Waals surface area contributed by atoms with Gasteiger partial charge in [0.2, 0.25) is 5.95 Å². The molecule has 1 aromatic heterocycles. The third-order valence-corrected chi connectivity index (χ3v) is 5.07. The monoisotopic (exact) mass is 479 g/mol. The number of hydrogen-bond donors (Lipinski definition) is 1. The highest BCUT2D eigenvalue weighted by atomic mass is 79.9. The molecule has 154 valence electrons. The van der Waals surface area contributed by atoms with Crippen molar-refractivity contribution in [3.63, 3.8) is 0 Å². The summed E-state index contributed by atoms with van der Waals surface area (Å²) in [4.78, 5) is 0. The molecule has 0 spiro atoms. The van der Waals surface area contributed by atoms with Crippen LogP contribution in [-0.4, -0.2) is 26.8 Å². The quantitative estimate of drug-likeness (QED) is 0.436. The van der Waals surface area contributed by atoms with E-state index in [2.05, 4.69) is 43.7 Å².